The average Bonchev–Trinajstić information content (AvgIpc) is 2.25. The van der Waals surface area contributed by atoms with Crippen LogP contribution in [-0.2, 0) is 0 Å². The fraction of sp³-hybridized carbons (Fsp3) is 0.143. The number of halogens is 2. The van der Waals surface area contributed by atoms with Gasteiger partial charge in [0.2, 0.25) is 0 Å². The summed E-state index contributed by atoms with van der Waals surface area (Å²) in [6, 6.07) is 10.5. The summed E-state index contributed by atoms with van der Waals surface area (Å²) in [5.74, 6) is -0.216. The van der Waals surface area contributed by atoms with E-state index in [-0.39, 0.29) is 5.82 Å². The van der Waals surface area contributed by atoms with Crippen molar-refractivity contribution in [2.45, 2.75) is 13.8 Å². The largest absolute Gasteiger partial charge is 0.207 e. The highest BCUT2D eigenvalue weighted by Gasteiger charge is 2.05. The Hall–Kier alpha value is -1.34. The van der Waals surface area contributed by atoms with Crippen molar-refractivity contribution in [3.63, 3.8) is 0 Å². The van der Waals surface area contributed by atoms with E-state index in [4.69, 9.17) is 11.6 Å². The van der Waals surface area contributed by atoms with Gasteiger partial charge in [0.05, 0.1) is 0 Å². The summed E-state index contributed by atoms with van der Waals surface area (Å²) in [4.78, 5) is 0. The van der Waals surface area contributed by atoms with E-state index >= 15 is 0 Å². The molecule has 0 saturated heterocycles. The molecule has 0 unspecified atom stereocenters. The average molecular weight is 235 g/mol. The highest BCUT2D eigenvalue weighted by Crippen LogP contribution is 2.28. The molecule has 16 heavy (non-hydrogen) atoms. The molecule has 0 atom stereocenters. The molecule has 0 bridgehead atoms. The molecule has 0 radical (unpaired) electrons. The molecule has 0 saturated carbocycles. The van der Waals surface area contributed by atoms with Gasteiger partial charge >= 0.3 is 0 Å². The number of hydrogen-bond acceptors (Lipinski definition) is 0. The monoisotopic (exact) mass is 234 g/mol. The summed E-state index contributed by atoms with van der Waals surface area (Å²) in [6.07, 6.45) is 0. The maximum absolute atomic E-state index is 12.8. The van der Waals surface area contributed by atoms with Crippen molar-refractivity contribution in [3.05, 3.63) is 58.4 Å². The van der Waals surface area contributed by atoms with Gasteiger partial charge in [-0.1, -0.05) is 23.7 Å². The second-order valence-corrected chi connectivity index (χ2v) is 4.33. The molecular weight excluding hydrogens is 223 g/mol. The molecule has 0 fully saturated rings. The molecule has 2 heteroatoms. The smallest absolute Gasteiger partial charge is 0.123 e. The van der Waals surface area contributed by atoms with Gasteiger partial charge in [-0.2, -0.15) is 0 Å². The second-order valence-electron chi connectivity index (χ2n) is 3.92. The molecule has 0 nitrogen and oxygen atoms in total. The van der Waals surface area contributed by atoms with E-state index in [9.17, 15) is 4.39 Å². The van der Waals surface area contributed by atoms with Gasteiger partial charge in [0.15, 0.2) is 0 Å². The van der Waals surface area contributed by atoms with E-state index < -0.39 is 0 Å². The molecule has 0 spiro atoms. The zero-order valence-corrected chi connectivity index (χ0v) is 9.98. The van der Waals surface area contributed by atoms with Crippen LogP contribution in [0.2, 0.25) is 5.02 Å². The standard InChI is InChI=1S/C14H12ClF/c1-9-8-14(15)10(2)7-13(9)11-3-5-12(16)6-4-11/h3-8H,1-2H3. The molecule has 2 aromatic carbocycles. The lowest BCUT2D eigenvalue weighted by Gasteiger charge is -2.09. The zero-order chi connectivity index (χ0) is 11.7. The molecule has 82 valence electrons. The van der Waals surface area contributed by atoms with Crippen LogP contribution in [0.15, 0.2) is 36.4 Å². The first kappa shape index (κ1) is 11.2. The Balaban J connectivity index is 2.56. The molecular formula is C14H12ClF. The molecule has 2 rings (SSSR count). The normalized spacial score (nSPS) is 10.5. The van der Waals surface area contributed by atoms with Crippen LogP contribution in [0.3, 0.4) is 0 Å². The first-order valence-electron chi connectivity index (χ1n) is 5.10. The van der Waals surface area contributed by atoms with Crippen molar-refractivity contribution >= 4 is 11.6 Å². The lowest BCUT2D eigenvalue weighted by atomic mass is 9.98. The third-order valence-electron chi connectivity index (χ3n) is 2.66. The Morgan fingerprint density at radius 2 is 1.56 bits per heavy atom. The van der Waals surface area contributed by atoms with Gasteiger partial charge < -0.3 is 0 Å². The second kappa shape index (κ2) is 4.26. The number of rotatable bonds is 1. The topological polar surface area (TPSA) is 0 Å². The molecule has 0 aliphatic carbocycles. The summed E-state index contributed by atoms with van der Waals surface area (Å²) >= 11 is 6.04. The lowest BCUT2D eigenvalue weighted by Crippen LogP contribution is -1.86. The van der Waals surface area contributed by atoms with Crippen LogP contribution in [0, 0.1) is 19.7 Å². The van der Waals surface area contributed by atoms with Crippen LogP contribution >= 0.6 is 11.6 Å². The minimum atomic E-state index is -0.216. The number of hydrogen-bond donors (Lipinski definition) is 0. The fourth-order valence-corrected chi connectivity index (χ4v) is 1.94. The minimum absolute atomic E-state index is 0.216. The van der Waals surface area contributed by atoms with E-state index in [1.165, 1.54) is 12.1 Å². The quantitative estimate of drug-likeness (QED) is 0.667. The summed E-state index contributed by atoms with van der Waals surface area (Å²) in [5, 5.41) is 0.767. The van der Waals surface area contributed by atoms with Crippen molar-refractivity contribution in [2.24, 2.45) is 0 Å². The first-order chi connectivity index (χ1) is 7.58. The van der Waals surface area contributed by atoms with Gasteiger partial charge in [-0.25, -0.2) is 4.39 Å². The highest BCUT2D eigenvalue weighted by molar-refractivity contribution is 6.31. The first-order valence-corrected chi connectivity index (χ1v) is 5.48. The van der Waals surface area contributed by atoms with Crippen LogP contribution in [0.5, 0.6) is 0 Å². The van der Waals surface area contributed by atoms with Crippen LogP contribution in [0.25, 0.3) is 11.1 Å². The maximum atomic E-state index is 12.8. The van der Waals surface area contributed by atoms with E-state index in [1.807, 2.05) is 26.0 Å². The molecule has 0 heterocycles. The predicted molar refractivity (Wildman–Crippen MR) is 66.3 cm³/mol. The molecule has 2 aromatic rings. The molecule has 0 N–H and O–H groups in total. The van der Waals surface area contributed by atoms with Crippen molar-refractivity contribution in [3.8, 4) is 11.1 Å². The van der Waals surface area contributed by atoms with Crippen LogP contribution in [0.4, 0.5) is 4.39 Å². The Kier molecular flexibility index (Phi) is 2.97. The van der Waals surface area contributed by atoms with E-state index in [0.29, 0.717) is 0 Å². The van der Waals surface area contributed by atoms with Gasteiger partial charge in [-0.3, -0.25) is 0 Å². The van der Waals surface area contributed by atoms with Crippen molar-refractivity contribution in [1.82, 2.24) is 0 Å². The Labute approximate surface area is 99.7 Å². The van der Waals surface area contributed by atoms with E-state index in [2.05, 4.69) is 0 Å². The van der Waals surface area contributed by atoms with Gasteiger partial charge in [0.25, 0.3) is 0 Å². The van der Waals surface area contributed by atoms with E-state index in [1.54, 1.807) is 12.1 Å². The van der Waals surface area contributed by atoms with Gasteiger partial charge in [-0.15, -0.1) is 0 Å². The predicted octanol–water partition coefficient (Wildman–Crippen LogP) is 4.76. The summed E-state index contributed by atoms with van der Waals surface area (Å²) in [6.45, 7) is 3.97. The summed E-state index contributed by atoms with van der Waals surface area (Å²) in [7, 11) is 0. The SMILES string of the molecule is Cc1cc(-c2ccc(F)cc2)c(C)cc1Cl. The molecule has 0 amide bonds. The van der Waals surface area contributed by atoms with Gasteiger partial charge in [0, 0.05) is 5.02 Å². The number of benzene rings is 2. The fourth-order valence-electron chi connectivity index (χ4n) is 1.72. The molecule has 0 aliphatic heterocycles. The zero-order valence-electron chi connectivity index (χ0n) is 9.22. The third kappa shape index (κ3) is 2.10. The van der Waals surface area contributed by atoms with Gasteiger partial charge in [0.1, 0.15) is 5.82 Å². The minimum Gasteiger partial charge on any atom is -0.207 e. The third-order valence-corrected chi connectivity index (χ3v) is 3.07. The Morgan fingerprint density at radius 1 is 0.938 bits per heavy atom. The van der Waals surface area contributed by atoms with Crippen molar-refractivity contribution < 1.29 is 4.39 Å². The molecule has 0 aliphatic rings. The van der Waals surface area contributed by atoms with Crippen molar-refractivity contribution in [2.75, 3.05) is 0 Å². The lowest BCUT2D eigenvalue weighted by molar-refractivity contribution is 0.628. The summed E-state index contributed by atoms with van der Waals surface area (Å²) < 4.78 is 12.8. The number of aryl methyl sites for hydroxylation is 2. The highest BCUT2D eigenvalue weighted by atomic mass is 35.5. The van der Waals surface area contributed by atoms with Crippen molar-refractivity contribution in [1.29, 1.82) is 0 Å². The Bertz CT molecular complexity index is 515. The van der Waals surface area contributed by atoms with Crippen LogP contribution < -0.4 is 0 Å². The Morgan fingerprint density at radius 3 is 2.19 bits per heavy atom. The van der Waals surface area contributed by atoms with E-state index in [0.717, 1.165) is 27.3 Å². The molecule has 0 aromatic heterocycles. The van der Waals surface area contributed by atoms with Crippen LogP contribution in [0.1, 0.15) is 11.1 Å². The summed E-state index contributed by atoms with van der Waals surface area (Å²) in [5.41, 5.74) is 4.24. The van der Waals surface area contributed by atoms with Gasteiger partial charge in [-0.05, 0) is 60.4 Å². The van der Waals surface area contributed by atoms with Crippen LogP contribution in [-0.4, -0.2) is 0 Å². The maximum Gasteiger partial charge on any atom is 0.123 e.